The standard InChI is InChI=1S/C13H19ClN2O3S/c1-4-8(2)16-13(17)9(3)20(18,19)10-5-6-12(15)11(14)7-10/h5-9H,4,15H2,1-3H3,(H,16,17). The molecule has 0 spiro atoms. The van der Waals surface area contributed by atoms with Crippen molar-refractivity contribution in [3.8, 4) is 0 Å². The molecule has 20 heavy (non-hydrogen) atoms. The van der Waals surface area contributed by atoms with E-state index in [-0.39, 0.29) is 16.0 Å². The molecule has 1 aromatic rings. The Kier molecular flexibility index (Phi) is 5.42. The molecule has 0 saturated carbocycles. The summed E-state index contributed by atoms with van der Waals surface area (Å²) in [5.41, 5.74) is 5.84. The maximum Gasteiger partial charge on any atom is 0.238 e. The van der Waals surface area contributed by atoms with Crippen molar-refractivity contribution in [2.75, 3.05) is 5.73 Å². The molecule has 2 unspecified atom stereocenters. The van der Waals surface area contributed by atoms with Gasteiger partial charge < -0.3 is 11.1 Å². The van der Waals surface area contributed by atoms with Crippen LogP contribution in [0.5, 0.6) is 0 Å². The van der Waals surface area contributed by atoms with Gasteiger partial charge in [0.2, 0.25) is 5.91 Å². The predicted octanol–water partition coefficient (Wildman–Crippen LogP) is 2.00. The summed E-state index contributed by atoms with van der Waals surface area (Å²) in [6.07, 6.45) is 0.728. The lowest BCUT2D eigenvalue weighted by Crippen LogP contribution is -2.42. The van der Waals surface area contributed by atoms with Crippen LogP contribution in [0.1, 0.15) is 27.2 Å². The van der Waals surface area contributed by atoms with Gasteiger partial charge in [-0.25, -0.2) is 8.42 Å². The number of benzene rings is 1. The van der Waals surface area contributed by atoms with E-state index in [4.69, 9.17) is 17.3 Å². The van der Waals surface area contributed by atoms with Gasteiger partial charge in [-0.05, 0) is 38.5 Å². The Morgan fingerprint density at radius 1 is 1.40 bits per heavy atom. The number of hydrogen-bond acceptors (Lipinski definition) is 4. The van der Waals surface area contributed by atoms with Crippen molar-refractivity contribution in [2.24, 2.45) is 0 Å². The molecule has 0 aliphatic carbocycles. The lowest BCUT2D eigenvalue weighted by Gasteiger charge is -2.17. The molecule has 0 heterocycles. The maximum absolute atomic E-state index is 12.3. The number of nitrogens with one attached hydrogen (secondary N) is 1. The van der Waals surface area contributed by atoms with Crippen LogP contribution in [0.3, 0.4) is 0 Å². The van der Waals surface area contributed by atoms with Gasteiger partial charge in [-0.15, -0.1) is 0 Å². The van der Waals surface area contributed by atoms with Crippen molar-refractivity contribution in [1.29, 1.82) is 0 Å². The Morgan fingerprint density at radius 3 is 2.50 bits per heavy atom. The largest absolute Gasteiger partial charge is 0.398 e. The van der Waals surface area contributed by atoms with Crippen LogP contribution in [0.4, 0.5) is 5.69 Å². The van der Waals surface area contributed by atoms with Crippen LogP contribution in [0.2, 0.25) is 5.02 Å². The average Bonchev–Trinajstić information content (AvgIpc) is 2.40. The third kappa shape index (κ3) is 3.64. The van der Waals surface area contributed by atoms with Crippen LogP contribution in [-0.4, -0.2) is 25.6 Å². The highest BCUT2D eigenvalue weighted by Crippen LogP contribution is 2.25. The topological polar surface area (TPSA) is 89.3 Å². The van der Waals surface area contributed by atoms with Crippen molar-refractivity contribution >= 4 is 33.0 Å². The van der Waals surface area contributed by atoms with Crippen LogP contribution in [0.25, 0.3) is 0 Å². The molecule has 5 nitrogen and oxygen atoms in total. The van der Waals surface area contributed by atoms with Crippen LogP contribution in [-0.2, 0) is 14.6 Å². The molecular formula is C13H19ClN2O3S. The molecule has 1 amide bonds. The van der Waals surface area contributed by atoms with Crippen molar-refractivity contribution < 1.29 is 13.2 Å². The number of carbonyl (C=O) groups excluding carboxylic acids is 1. The molecular weight excluding hydrogens is 300 g/mol. The Bertz CT molecular complexity index is 602. The SMILES string of the molecule is CCC(C)NC(=O)C(C)S(=O)(=O)c1ccc(N)c(Cl)c1. The summed E-state index contributed by atoms with van der Waals surface area (Å²) in [5.74, 6) is -0.521. The predicted molar refractivity (Wildman–Crippen MR) is 80.4 cm³/mol. The monoisotopic (exact) mass is 318 g/mol. The van der Waals surface area contributed by atoms with Crippen LogP contribution in [0.15, 0.2) is 23.1 Å². The summed E-state index contributed by atoms with van der Waals surface area (Å²) < 4.78 is 24.7. The van der Waals surface area contributed by atoms with Gasteiger partial charge >= 0.3 is 0 Å². The lowest BCUT2D eigenvalue weighted by atomic mass is 10.2. The first-order valence-electron chi connectivity index (χ1n) is 6.29. The molecule has 1 aromatic carbocycles. The minimum atomic E-state index is -3.78. The molecule has 0 aliphatic rings. The van der Waals surface area contributed by atoms with Crippen LogP contribution in [0, 0.1) is 0 Å². The molecule has 112 valence electrons. The molecule has 1 rings (SSSR count). The molecule has 0 bridgehead atoms. The molecule has 0 fully saturated rings. The van der Waals surface area contributed by atoms with Crippen molar-refractivity contribution in [3.63, 3.8) is 0 Å². The lowest BCUT2D eigenvalue weighted by molar-refractivity contribution is -0.121. The Balaban J connectivity index is 3.03. The second-order valence-corrected chi connectivity index (χ2v) is 7.36. The molecule has 7 heteroatoms. The second kappa shape index (κ2) is 6.45. The smallest absolute Gasteiger partial charge is 0.238 e. The number of sulfone groups is 1. The van der Waals surface area contributed by atoms with Crippen molar-refractivity contribution in [1.82, 2.24) is 5.32 Å². The zero-order chi connectivity index (χ0) is 15.5. The second-order valence-electron chi connectivity index (χ2n) is 4.69. The van der Waals surface area contributed by atoms with Gasteiger partial charge in [-0.2, -0.15) is 0 Å². The van der Waals surface area contributed by atoms with Gasteiger partial charge in [0, 0.05) is 6.04 Å². The minimum absolute atomic E-state index is 0.0106. The third-order valence-electron chi connectivity index (χ3n) is 3.14. The number of amides is 1. The number of carbonyl (C=O) groups is 1. The zero-order valence-electron chi connectivity index (χ0n) is 11.7. The van der Waals surface area contributed by atoms with E-state index in [1.54, 1.807) is 0 Å². The van der Waals surface area contributed by atoms with E-state index in [9.17, 15) is 13.2 Å². The Morgan fingerprint density at radius 2 is 2.00 bits per heavy atom. The van der Waals surface area contributed by atoms with E-state index >= 15 is 0 Å². The number of halogens is 1. The number of nitrogens with two attached hydrogens (primary N) is 1. The van der Waals surface area contributed by atoms with Crippen LogP contribution < -0.4 is 11.1 Å². The Labute approximate surface area is 124 Å². The number of nitrogen functional groups attached to an aromatic ring is 1. The van der Waals surface area contributed by atoms with E-state index in [1.807, 2.05) is 13.8 Å². The first-order valence-corrected chi connectivity index (χ1v) is 8.21. The molecule has 0 radical (unpaired) electrons. The quantitative estimate of drug-likeness (QED) is 0.813. The molecule has 0 aliphatic heterocycles. The van der Waals surface area contributed by atoms with Gasteiger partial charge in [0.1, 0.15) is 5.25 Å². The van der Waals surface area contributed by atoms with E-state index in [2.05, 4.69) is 5.32 Å². The molecule has 0 aromatic heterocycles. The highest BCUT2D eigenvalue weighted by Gasteiger charge is 2.30. The van der Waals surface area contributed by atoms with Crippen molar-refractivity contribution in [2.45, 2.75) is 43.4 Å². The minimum Gasteiger partial charge on any atom is -0.398 e. The summed E-state index contributed by atoms with van der Waals surface area (Å²) in [6, 6.07) is 3.95. The highest BCUT2D eigenvalue weighted by atomic mass is 35.5. The molecule has 2 atom stereocenters. The average molecular weight is 319 g/mol. The third-order valence-corrected chi connectivity index (χ3v) is 5.52. The summed E-state index contributed by atoms with van der Waals surface area (Å²) in [5, 5.41) is 1.62. The van der Waals surface area contributed by atoms with E-state index < -0.39 is 21.0 Å². The normalized spacial score (nSPS) is 14.6. The molecule has 3 N–H and O–H groups in total. The van der Waals surface area contributed by atoms with Crippen LogP contribution >= 0.6 is 11.6 Å². The highest BCUT2D eigenvalue weighted by molar-refractivity contribution is 7.92. The summed E-state index contributed by atoms with van der Waals surface area (Å²) in [4.78, 5) is 11.9. The van der Waals surface area contributed by atoms with E-state index in [0.717, 1.165) is 6.42 Å². The number of hydrogen-bond donors (Lipinski definition) is 2. The fourth-order valence-electron chi connectivity index (χ4n) is 1.49. The van der Waals surface area contributed by atoms with Gasteiger partial charge in [-0.1, -0.05) is 18.5 Å². The van der Waals surface area contributed by atoms with E-state index in [1.165, 1.54) is 25.1 Å². The first-order chi connectivity index (χ1) is 9.20. The fourth-order valence-corrected chi connectivity index (χ4v) is 3.04. The van der Waals surface area contributed by atoms with Gasteiger partial charge in [0.15, 0.2) is 9.84 Å². The fraction of sp³-hybridized carbons (Fsp3) is 0.462. The number of anilines is 1. The maximum atomic E-state index is 12.3. The summed E-state index contributed by atoms with van der Waals surface area (Å²) in [6.45, 7) is 5.08. The van der Waals surface area contributed by atoms with Gasteiger partial charge in [0.25, 0.3) is 0 Å². The van der Waals surface area contributed by atoms with E-state index in [0.29, 0.717) is 5.69 Å². The Hall–Kier alpha value is -1.27. The van der Waals surface area contributed by atoms with Crippen molar-refractivity contribution in [3.05, 3.63) is 23.2 Å². The van der Waals surface area contributed by atoms with Gasteiger partial charge in [0.05, 0.1) is 15.6 Å². The molecule has 0 saturated heterocycles. The van der Waals surface area contributed by atoms with Gasteiger partial charge in [-0.3, -0.25) is 4.79 Å². The summed E-state index contributed by atoms with van der Waals surface area (Å²) in [7, 11) is -3.78. The summed E-state index contributed by atoms with van der Waals surface area (Å²) >= 11 is 5.82. The first kappa shape index (κ1) is 16.8. The zero-order valence-corrected chi connectivity index (χ0v) is 13.3. The number of rotatable bonds is 5.